The van der Waals surface area contributed by atoms with E-state index in [0.29, 0.717) is 42.6 Å². The number of benzene rings is 2. The topological polar surface area (TPSA) is 77.1 Å². The van der Waals surface area contributed by atoms with Gasteiger partial charge in [-0.2, -0.15) is 5.10 Å². The van der Waals surface area contributed by atoms with E-state index < -0.39 is 11.6 Å². The van der Waals surface area contributed by atoms with Gasteiger partial charge in [-0.1, -0.05) is 30.3 Å². The molecule has 0 saturated carbocycles. The van der Waals surface area contributed by atoms with E-state index >= 15 is 0 Å². The largest absolute Gasteiger partial charge is 0.350 e. The lowest BCUT2D eigenvalue weighted by atomic mass is 10.1. The standard InChI is InChI=1S/C24H20F2N6O/c25-17-9-8-16(19(26)15-17)11-14-32-20-6-2-1-5-18(20)23(30-32)24(33)27-12-10-22-29-28-21-7-3-4-13-31(21)22/h1-9,13,15H,10-12,14H2,(H,27,33). The lowest BCUT2D eigenvalue weighted by molar-refractivity contribution is 0.0949. The molecular weight excluding hydrogens is 426 g/mol. The molecule has 0 fully saturated rings. The summed E-state index contributed by atoms with van der Waals surface area (Å²) < 4.78 is 30.7. The van der Waals surface area contributed by atoms with Crippen LogP contribution >= 0.6 is 0 Å². The van der Waals surface area contributed by atoms with Crippen LogP contribution in [0, 0.1) is 11.6 Å². The Morgan fingerprint density at radius 1 is 0.970 bits per heavy atom. The van der Waals surface area contributed by atoms with E-state index in [1.165, 1.54) is 12.1 Å². The van der Waals surface area contributed by atoms with E-state index in [1.807, 2.05) is 53.1 Å². The molecule has 0 aliphatic carbocycles. The average molecular weight is 446 g/mol. The SMILES string of the molecule is O=C(NCCc1nnc2ccccn12)c1nn(CCc2ccc(F)cc2F)c2ccccc12. The molecule has 7 nitrogen and oxygen atoms in total. The number of aromatic nitrogens is 5. The summed E-state index contributed by atoms with van der Waals surface area (Å²) >= 11 is 0. The van der Waals surface area contributed by atoms with Crippen molar-refractivity contribution in [1.82, 2.24) is 29.7 Å². The van der Waals surface area contributed by atoms with Crippen LogP contribution in [-0.2, 0) is 19.4 Å². The minimum Gasteiger partial charge on any atom is -0.350 e. The number of nitrogens with zero attached hydrogens (tertiary/aromatic N) is 5. The fourth-order valence-corrected chi connectivity index (χ4v) is 3.85. The minimum atomic E-state index is -0.612. The van der Waals surface area contributed by atoms with Crippen LogP contribution in [0.4, 0.5) is 8.78 Å². The highest BCUT2D eigenvalue weighted by Crippen LogP contribution is 2.20. The van der Waals surface area contributed by atoms with Crippen molar-refractivity contribution < 1.29 is 13.6 Å². The Morgan fingerprint density at radius 3 is 2.70 bits per heavy atom. The van der Waals surface area contributed by atoms with Crippen LogP contribution in [0.3, 0.4) is 0 Å². The summed E-state index contributed by atoms with van der Waals surface area (Å²) in [4.78, 5) is 12.9. The van der Waals surface area contributed by atoms with Gasteiger partial charge in [0.15, 0.2) is 11.3 Å². The van der Waals surface area contributed by atoms with Crippen LogP contribution in [0.25, 0.3) is 16.6 Å². The van der Waals surface area contributed by atoms with E-state index in [0.717, 1.165) is 23.1 Å². The number of fused-ring (bicyclic) bond motifs is 2. The third-order valence-electron chi connectivity index (χ3n) is 5.50. The maximum atomic E-state index is 14.0. The number of para-hydroxylation sites is 1. The Bertz CT molecular complexity index is 1460. The fraction of sp³-hybridized carbons (Fsp3) is 0.167. The first-order chi connectivity index (χ1) is 16.1. The van der Waals surface area contributed by atoms with E-state index in [9.17, 15) is 13.6 Å². The zero-order valence-corrected chi connectivity index (χ0v) is 17.6. The van der Waals surface area contributed by atoms with Gasteiger partial charge in [0.25, 0.3) is 5.91 Å². The minimum absolute atomic E-state index is 0.299. The van der Waals surface area contributed by atoms with Crippen molar-refractivity contribution in [3.05, 3.63) is 95.6 Å². The molecule has 3 heterocycles. The van der Waals surface area contributed by atoms with Gasteiger partial charge in [0.05, 0.1) is 5.52 Å². The van der Waals surface area contributed by atoms with Gasteiger partial charge in [-0.15, -0.1) is 10.2 Å². The number of pyridine rings is 1. The van der Waals surface area contributed by atoms with Crippen LogP contribution in [0.5, 0.6) is 0 Å². The number of hydrogen-bond donors (Lipinski definition) is 1. The van der Waals surface area contributed by atoms with Crippen molar-refractivity contribution in [1.29, 1.82) is 0 Å². The molecule has 2 aromatic carbocycles. The molecule has 0 spiro atoms. The van der Waals surface area contributed by atoms with Crippen molar-refractivity contribution in [3.8, 4) is 0 Å². The zero-order valence-electron chi connectivity index (χ0n) is 17.6. The van der Waals surface area contributed by atoms with Crippen molar-refractivity contribution in [2.45, 2.75) is 19.4 Å². The number of carbonyl (C=O) groups is 1. The number of hydrogen-bond acceptors (Lipinski definition) is 4. The molecule has 5 aromatic rings. The van der Waals surface area contributed by atoms with Gasteiger partial charge < -0.3 is 5.32 Å². The highest BCUT2D eigenvalue weighted by Gasteiger charge is 2.17. The molecule has 166 valence electrons. The number of halogens is 2. The van der Waals surface area contributed by atoms with Crippen LogP contribution in [0.2, 0.25) is 0 Å². The van der Waals surface area contributed by atoms with Crippen LogP contribution in [-0.4, -0.2) is 36.8 Å². The monoisotopic (exact) mass is 446 g/mol. The molecule has 1 N–H and O–H groups in total. The van der Waals surface area contributed by atoms with Gasteiger partial charge in [0.2, 0.25) is 0 Å². The first-order valence-corrected chi connectivity index (χ1v) is 10.6. The molecule has 3 aromatic heterocycles. The lowest BCUT2D eigenvalue weighted by Gasteiger charge is -2.05. The smallest absolute Gasteiger partial charge is 0.272 e. The summed E-state index contributed by atoms with van der Waals surface area (Å²) in [6, 6.07) is 16.6. The third-order valence-corrected chi connectivity index (χ3v) is 5.50. The predicted molar refractivity (Wildman–Crippen MR) is 119 cm³/mol. The van der Waals surface area contributed by atoms with Gasteiger partial charge in [-0.3, -0.25) is 13.9 Å². The molecule has 5 rings (SSSR count). The van der Waals surface area contributed by atoms with Crippen LogP contribution < -0.4 is 5.32 Å². The van der Waals surface area contributed by atoms with Crippen molar-refractivity contribution in [3.63, 3.8) is 0 Å². The van der Waals surface area contributed by atoms with Gasteiger partial charge in [0, 0.05) is 37.2 Å². The normalized spacial score (nSPS) is 11.3. The maximum absolute atomic E-state index is 14.0. The third kappa shape index (κ3) is 4.17. The molecule has 0 unspecified atom stereocenters. The van der Waals surface area contributed by atoms with E-state index in [-0.39, 0.29) is 5.91 Å². The molecule has 0 aliphatic heterocycles. The number of carbonyl (C=O) groups excluding carboxylic acids is 1. The van der Waals surface area contributed by atoms with E-state index in [2.05, 4.69) is 20.6 Å². The van der Waals surface area contributed by atoms with Crippen molar-refractivity contribution in [2.24, 2.45) is 0 Å². The second-order valence-electron chi connectivity index (χ2n) is 7.63. The molecule has 0 saturated heterocycles. The Kier molecular flexibility index (Phi) is 5.52. The van der Waals surface area contributed by atoms with E-state index in [1.54, 1.807) is 4.68 Å². The van der Waals surface area contributed by atoms with Crippen molar-refractivity contribution in [2.75, 3.05) is 6.54 Å². The fourth-order valence-electron chi connectivity index (χ4n) is 3.85. The average Bonchev–Trinajstić information content (AvgIpc) is 3.40. The highest BCUT2D eigenvalue weighted by molar-refractivity contribution is 6.04. The van der Waals surface area contributed by atoms with Gasteiger partial charge >= 0.3 is 0 Å². The van der Waals surface area contributed by atoms with Gasteiger partial charge in [-0.05, 0) is 36.2 Å². The summed E-state index contributed by atoms with van der Waals surface area (Å²) in [5, 5.41) is 16.4. The maximum Gasteiger partial charge on any atom is 0.272 e. The first-order valence-electron chi connectivity index (χ1n) is 10.6. The first kappa shape index (κ1) is 20.7. The molecule has 0 atom stereocenters. The summed E-state index contributed by atoms with van der Waals surface area (Å²) in [6.07, 6.45) is 2.71. The molecule has 9 heteroatoms. The summed E-state index contributed by atoms with van der Waals surface area (Å²) in [7, 11) is 0. The molecule has 0 aliphatic rings. The van der Waals surface area contributed by atoms with Crippen LogP contribution in [0.1, 0.15) is 21.9 Å². The lowest BCUT2D eigenvalue weighted by Crippen LogP contribution is -2.27. The number of aryl methyl sites for hydroxylation is 2. The quantitative estimate of drug-likeness (QED) is 0.415. The zero-order chi connectivity index (χ0) is 22.8. The molecular formula is C24H20F2N6O. The summed E-state index contributed by atoms with van der Waals surface area (Å²) in [5.41, 5.74) is 2.22. The molecule has 1 amide bonds. The predicted octanol–water partition coefficient (Wildman–Crippen LogP) is 3.57. The Balaban J connectivity index is 1.31. The van der Waals surface area contributed by atoms with E-state index in [4.69, 9.17) is 0 Å². The Morgan fingerprint density at radius 2 is 1.82 bits per heavy atom. The summed E-state index contributed by atoms with van der Waals surface area (Å²) in [5.74, 6) is -0.751. The second-order valence-corrected chi connectivity index (χ2v) is 7.63. The molecule has 33 heavy (non-hydrogen) atoms. The van der Waals surface area contributed by atoms with Crippen LogP contribution in [0.15, 0.2) is 66.9 Å². The summed E-state index contributed by atoms with van der Waals surface area (Å²) in [6.45, 7) is 0.721. The van der Waals surface area contributed by atoms with Crippen molar-refractivity contribution >= 4 is 22.5 Å². The molecule has 0 bridgehead atoms. The second kappa shape index (κ2) is 8.78. The van der Waals surface area contributed by atoms with Gasteiger partial charge in [0.1, 0.15) is 17.5 Å². The Hall–Kier alpha value is -4.14. The number of rotatable bonds is 7. The Labute approximate surface area is 187 Å². The number of nitrogens with one attached hydrogen (secondary N) is 1. The highest BCUT2D eigenvalue weighted by atomic mass is 19.1. The van der Waals surface area contributed by atoms with Gasteiger partial charge in [-0.25, -0.2) is 8.78 Å². The molecule has 0 radical (unpaired) electrons. The number of amides is 1.